The Hall–Kier alpha value is -1.28. The standard InChI is InChI=1S/C20H30O2/c1-2-3-4-5-6-8-16-11-12-19(20(22)14-16)18-10-7-9-17(13-18)15-21/h11-14,18,21-22H,2-10,15H2,1H3. The Morgan fingerprint density at radius 3 is 2.68 bits per heavy atom. The molecule has 0 aliphatic heterocycles. The van der Waals surface area contributed by atoms with Crippen molar-refractivity contribution in [2.45, 2.75) is 70.6 Å². The Labute approximate surface area is 134 Å². The minimum absolute atomic E-state index is 0.146. The van der Waals surface area contributed by atoms with Crippen LogP contribution in [-0.2, 0) is 6.42 Å². The molecule has 1 atom stereocenters. The number of benzene rings is 1. The molecule has 0 spiro atoms. The Bertz CT molecular complexity index is 490. The predicted octanol–water partition coefficient (Wildman–Crippen LogP) is 5.09. The summed E-state index contributed by atoms with van der Waals surface area (Å²) in [6.45, 7) is 2.38. The second-order valence-electron chi connectivity index (χ2n) is 6.54. The van der Waals surface area contributed by atoms with Gasteiger partial charge in [-0.25, -0.2) is 0 Å². The van der Waals surface area contributed by atoms with Crippen LogP contribution in [0, 0.1) is 0 Å². The van der Waals surface area contributed by atoms with Crippen LogP contribution in [0.3, 0.4) is 0 Å². The second-order valence-corrected chi connectivity index (χ2v) is 6.54. The number of aromatic hydroxyl groups is 1. The average molecular weight is 302 g/mol. The zero-order valence-corrected chi connectivity index (χ0v) is 13.9. The zero-order valence-electron chi connectivity index (χ0n) is 13.9. The van der Waals surface area contributed by atoms with Gasteiger partial charge < -0.3 is 10.2 Å². The second kappa shape index (κ2) is 8.99. The fraction of sp³-hybridized carbons (Fsp3) is 0.600. The molecule has 1 aromatic rings. The lowest BCUT2D eigenvalue weighted by atomic mass is 9.85. The molecule has 1 aliphatic carbocycles. The van der Waals surface area contributed by atoms with Gasteiger partial charge in [0.15, 0.2) is 0 Å². The Morgan fingerprint density at radius 1 is 1.14 bits per heavy atom. The summed E-state index contributed by atoms with van der Waals surface area (Å²) in [4.78, 5) is 0. The van der Waals surface area contributed by atoms with E-state index in [4.69, 9.17) is 0 Å². The number of aliphatic hydroxyl groups excluding tert-OH is 1. The van der Waals surface area contributed by atoms with E-state index in [0.717, 1.165) is 36.8 Å². The number of hydrogen-bond acceptors (Lipinski definition) is 2. The molecule has 0 bridgehead atoms. The van der Waals surface area contributed by atoms with Crippen LogP contribution in [0.4, 0.5) is 0 Å². The van der Waals surface area contributed by atoms with Gasteiger partial charge >= 0.3 is 0 Å². The molecule has 2 nitrogen and oxygen atoms in total. The molecule has 0 aromatic heterocycles. The molecule has 1 aliphatic rings. The molecule has 0 fully saturated rings. The van der Waals surface area contributed by atoms with Gasteiger partial charge in [0.1, 0.15) is 5.75 Å². The fourth-order valence-electron chi connectivity index (χ4n) is 3.37. The minimum Gasteiger partial charge on any atom is -0.508 e. The van der Waals surface area contributed by atoms with Gasteiger partial charge in [-0.05, 0) is 49.3 Å². The molecule has 22 heavy (non-hydrogen) atoms. The fourth-order valence-corrected chi connectivity index (χ4v) is 3.37. The minimum atomic E-state index is 0.146. The maximum atomic E-state index is 10.4. The van der Waals surface area contributed by atoms with Crippen LogP contribution in [0.5, 0.6) is 5.75 Å². The van der Waals surface area contributed by atoms with Crippen LogP contribution in [0.15, 0.2) is 29.8 Å². The van der Waals surface area contributed by atoms with Crippen LogP contribution in [0.25, 0.3) is 0 Å². The number of phenolic OH excluding ortho intramolecular Hbond substituents is 1. The number of phenols is 1. The zero-order chi connectivity index (χ0) is 15.8. The number of aryl methyl sites for hydroxylation is 1. The van der Waals surface area contributed by atoms with Gasteiger partial charge in [0, 0.05) is 11.5 Å². The van der Waals surface area contributed by atoms with Crippen molar-refractivity contribution < 1.29 is 10.2 Å². The van der Waals surface area contributed by atoms with Gasteiger partial charge in [-0.2, -0.15) is 0 Å². The van der Waals surface area contributed by atoms with Crippen LogP contribution in [0.1, 0.15) is 75.3 Å². The molecule has 0 radical (unpaired) electrons. The van der Waals surface area contributed by atoms with Crippen molar-refractivity contribution in [1.82, 2.24) is 0 Å². The summed E-state index contributed by atoms with van der Waals surface area (Å²) in [6, 6.07) is 6.18. The summed E-state index contributed by atoms with van der Waals surface area (Å²) in [5.74, 6) is 0.681. The Kier molecular flexibility index (Phi) is 6.98. The number of hydrogen-bond donors (Lipinski definition) is 2. The van der Waals surface area contributed by atoms with E-state index in [2.05, 4.69) is 25.1 Å². The highest BCUT2D eigenvalue weighted by Gasteiger charge is 2.18. The maximum Gasteiger partial charge on any atom is 0.119 e. The number of unbranched alkanes of at least 4 members (excludes halogenated alkanes) is 4. The molecular formula is C20H30O2. The summed E-state index contributed by atoms with van der Waals surface area (Å²) in [5.41, 5.74) is 3.36. The lowest BCUT2D eigenvalue weighted by Gasteiger charge is -2.21. The molecule has 122 valence electrons. The first-order valence-electron chi connectivity index (χ1n) is 8.86. The monoisotopic (exact) mass is 302 g/mol. The first-order valence-corrected chi connectivity index (χ1v) is 8.86. The molecule has 0 amide bonds. The van der Waals surface area contributed by atoms with E-state index >= 15 is 0 Å². The molecule has 2 rings (SSSR count). The van der Waals surface area contributed by atoms with Crippen molar-refractivity contribution >= 4 is 0 Å². The molecule has 1 aromatic carbocycles. The number of rotatable bonds is 8. The van der Waals surface area contributed by atoms with Crippen molar-refractivity contribution in [2.75, 3.05) is 6.61 Å². The third-order valence-electron chi connectivity index (χ3n) is 4.72. The topological polar surface area (TPSA) is 40.5 Å². The highest BCUT2D eigenvalue weighted by Crippen LogP contribution is 2.36. The van der Waals surface area contributed by atoms with Crippen molar-refractivity contribution in [3.8, 4) is 5.75 Å². The lowest BCUT2D eigenvalue weighted by molar-refractivity contribution is 0.321. The Morgan fingerprint density at radius 2 is 1.95 bits per heavy atom. The number of allylic oxidation sites excluding steroid dienone is 1. The van der Waals surface area contributed by atoms with E-state index < -0.39 is 0 Å². The molecule has 1 unspecified atom stereocenters. The van der Waals surface area contributed by atoms with Crippen molar-refractivity contribution in [1.29, 1.82) is 0 Å². The first kappa shape index (κ1) is 17.1. The van der Waals surface area contributed by atoms with E-state index in [1.807, 2.05) is 6.07 Å². The van der Waals surface area contributed by atoms with Crippen LogP contribution >= 0.6 is 0 Å². The van der Waals surface area contributed by atoms with Gasteiger partial charge in [0.2, 0.25) is 0 Å². The normalized spacial score (nSPS) is 18.3. The quantitative estimate of drug-likeness (QED) is 0.518. The SMILES string of the molecule is CCCCCCCc1ccc(C2C=C(CO)CCC2)c(O)c1. The summed E-state index contributed by atoms with van der Waals surface area (Å²) < 4.78 is 0. The highest BCUT2D eigenvalue weighted by molar-refractivity contribution is 5.41. The lowest BCUT2D eigenvalue weighted by Crippen LogP contribution is -2.06. The summed E-state index contributed by atoms with van der Waals surface area (Å²) in [7, 11) is 0. The van der Waals surface area contributed by atoms with E-state index in [9.17, 15) is 10.2 Å². The molecular weight excluding hydrogens is 272 g/mol. The van der Waals surface area contributed by atoms with Crippen LogP contribution in [0.2, 0.25) is 0 Å². The molecule has 2 heteroatoms. The van der Waals surface area contributed by atoms with Gasteiger partial charge in [-0.1, -0.05) is 50.8 Å². The van der Waals surface area contributed by atoms with E-state index in [0.29, 0.717) is 5.75 Å². The highest BCUT2D eigenvalue weighted by atomic mass is 16.3. The number of aliphatic hydroxyl groups is 1. The van der Waals surface area contributed by atoms with E-state index in [-0.39, 0.29) is 12.5 Å². The molecule has 0 saturated carbocycles. The van der Waals surface area contributed by atoms with Gasteiger partial charge in [-0.3, -0.25) is 0 Å². The Balaban J connectivity index is 1.94. The molecule has 0 heterocycles. The summed E-state index contributed by atoms with van der Waals surface area (Å²) in [5, 5.41) is 19.6. The van der Waals surface area contributed by atoms with Crippen LogP contribution < -0.4 is 0 Å². The summed E-state index contributed by atoms with van der Waals surface area (Å²) >= 11 is 0. The summed E-state index contributed by atoms with van der Waals surface area (Å²) in [6.07, 6.45) is 12.7. The van der Waals surface area contributed by atoms with Gasteiger partial charge in [0.25, 0.3) is 0 Å². The van der Waals surface area contributed by atoms with Crippen LogP contribution in [-0.4, -0.2) is 16.8 Å². The van der Waals surface area contributed by atoms with E-state index in [1.54, 1.807) is 0 Å². The predicted molar refractivity (Wildman–Crippen MR) is 92.3 cm³/mol. The van der Waals surface area contributed by atoms with Gasteiger partial charge in [0.05, 0.1) is 6.61 Å². The maximum absolute atomic E-state index is 10.4. The van der Waals surface area contributed by atoms with Crippen molar-refractivity contribution in [2.24, 2.45) is 0 Å². The van der Waals surface area contributed by atoms with E-state index in [1.165, 1.54) is 37.7 Å². The third-order valence-corrected chi connectivity index (χ3v) is 4.72. The molecule has 0 saturated heterocycles. The van der Waals surface area contributed by atoms with Crippen molar-refractivity contribution in [3.63, 3.8) is 0 Å². The smallest absolute Gasteiger partial charge is 0.119 e. The average Bonchev–Trinajstić information content (AvgIpc) is 2.55. The molecule has 2 N–H and O–H groups in total. The largest absolute Gasteiger partial charge is 0.508 e. The first-order chi connectivity index (χ1) is 10.7. The third kappa shape index (κ3) is 4.88. The van der Waals surface area contributed by atoms with Crippen molar-refractivity contribution in [3.05, 3.63) is 41.0 Å². The van der Waals surface area contributed by atoms with Gasteiger partial charge in [-0.15, -0.1) is 0 Å².